The average Bonchev–Trinajstić information content (AvgIpc) is 2.62. The van der Waals surface area contributed by atoms with E-state index < -0.39 is 0 Å². The van der Waals surface area contributed by atoms with Gasteiger partial charge in [-0.25, -0.2) is 4.98 Å². The summed E-state index contributed by atoms with van der Waals surface area (Å²) in [5, 5.41) is 3.48. The summed E-state index contributed by atoms with van der Waals surface area (Å²) in [5.41, 5.74) is 2.29. The van der Waals surface area contributed by atoms with Crippen molar-refractivity contribution in [3.8, 4) is 0 Å². The van der Waals surface area contributed by atoms with Crippen molar-refractivity contribution in [3.05, 3.63) is 58.9 Å². The number of hydrogen-bond acceptors (Lipinski definition) is 4. The van der Waals surface area contributed by atoms with E-state index in [-0.39, 0.29) is 5.91 Å². The van der Waals surface area contributed by atoms with E-state index in [1.807, 2.05) is 24.3 Å². The Bertz CT molecular complexity index is 670. The van der Waals surface area contributed by atoms with Crippen molar-refractivity contribution in [1.29, 1.82) is 0 Å². The molecule has 1 fully saturated rings. The number of nitrogens with one attached hydrogen (secondary N) is 1. The van der Waals surface area contributed by atoms with Gasteiger partial charge < -0.3 is 15.0 Å². The van der Waals surface area contributed by atoms with Crippen LogP contribution in [0.4, 0.5) is 5.69 Å². The zero-order chi connectivity index (χ0) is 16.1. The van der Waals surface area contributed by atoms with Crippen LogP contribution in [0.1, 0.15) is 16.1 Å². The number of amides is 1. The first-order valence-corrected chi connectivity index (χ1v) is 7.92. The Kier molecular flexibility index (Phi) is 5.10. The van der Waals surface area contributed by atoms with Crippen molar-refractivity contribution in [1.82, 2.24) is 10.3 Å². The minimum atomic E-state index is -0.210. The molecule has 0 saturated carbocycles. The summed E-state index contributed by atoms with van der Waals surface area (Å²) in [5.74, 6) is -0.210. The zero-order valence-electron chi connectivity index (χ0n) is 12.7. The lowest BCUT2D eigenvalue weighted by atomic mass is 10.2. The number of ether oxygens (including phenoxy) is 1. The molecule has 1 amide bonds. The smallest absolute Gasteiger partial charge is 0.270 e. The van der Waals surface area contributed by atoms with Crippen molar-refractivity contribution in [2.75, 3.05) is 31.2 Å². The van der Waals surface area contributed by atoms with Gasteiger partial charge in [0.2, 0.25) is 0 Å². The van der Waals surface area contributed by atoms with Crippen LogP contribution in [0.25, 0.3) is 0 Å². The van der Waals surface area contributed by atoms with Gasteiger partial charge in [0.15, 0.2) is 0 Å². The van der Waals surface area contributed by atoms with Gasteiger partial charge >= 0.3 is 0 Å². The number of carbonyl (C=O) groups is 1. The second-order valence-electron chi connectivity index (χ2n) is 5.28. The highest BCUT2D eigenvalue weighted by Crippen LogP contribution is 2.16. The lowest BCUT2D eigenvalue weighted by molar-refractivity contribution is 0.0946. The van der Waals surface area contributed by atoms with Crippen LogP contribution < -0.4 is 10.2 Å². The van der Waals surface area contributed by atoms with Crippen LogP contribution in [-0.4, -0.2) is 37.2 Å². The molecular formula is C17H18ClN3O2. The molecule has 1 aromatic carbocycles. The minimum absolute atomic E-state index is 0.210. The summed E-state index contributed by atoms with van der Waals surface area (Å²) < 4.78 is 5.33. The van der Waals surface area contributed by atoms with Crippen molar-refractivity contribution in [2.24, 2.45) is 0 Å². The van der Waals surface area contributed by atoms with Gasteiger partial charge in [-0.15, -0.1) is 0 Å². The van der Waals surface area contributed by atoms with Gasteiger partial charge in [-0.3, -0.25) is 4.79 Å². The highest BCUT2D eigenvalue weighted by Gasteiger charge is 2.13. The standard InChI is InChI=1S/C17H18ClN3O2/c18-15-4-2-1-3-13(15)11-20-17(22)16-6-5-14(12-19-16)21-7-9-23-10-8-21/h1-6,12H,7-11H2,(H,20,22). The van der Waals surface area contributed by atoms with Crippen LogP contribution in [0.15, 0.2) is 42.6 Å². The van der Waals surface area contributed by atoms with Crippen molar-refractivity contribution >= 4 is 23.2 Å². The molecule has 1 N–H and O–H groups in total. The Labute approximate surface area is 140 Å². The summed E-state index contributed by atoms with van der Waals surface area (Å²) in [6.45, 7) is 3.52. The molecule has 5 nitrogen and oxygen atoms in total. The Morgan fingerprint density at radius 1 is 1.22 bits per heavy atom. The predicted molar refractivity (Wildman–Crippen MR) is 89.9 cm³/mol. The number of aromatic nitrogens is 1. The van der Waals surface area contributed by atoms with E-state index in [2.05, 4.69) is 15.2 Å². The number of benzene rings is 1. The first kappa shape index (κ1) is 15.8. The number of pyridine rings is 1. The summed E-state index contributed by atoms with van der Waals surface area (Å²) in [4.78, 5) is 18.6. The lowest BCUT2D eigenvalue weighted by Gasteiger charge is -2.28. The molecule has 2 heterocycles. The number of rotatable bonds is 4. The second kappa shape index (κ2) is 7.44. The summed E-state index contributed by atoms with van der Waals surface area (Å²) in [7, 11) is 0. The molecule has 0 radical (unpaired) electrons. The second-order valence-corrected chi connectivity index (χ2v) is 5.68. The largest absolute Gasteiger partial charge is 0.378 e. The van der Waals surface area contributed by atoms with Crippen molar-refractivity contribution < 1.29 is 9.53 Å². The topological polar surface area (TPSA) is 54.5 Å². The van der Waals surface area contributed by atoms with E-state index >= 15 is 0 Å². The molecule has 0 aliphatic carbocycles. The maximum atomic E-state index is 12.2. The summed E-state index contributed by atoms with van der Waals surface area (Å²) in [6, 6.07) is 11.1. The van der Waals surface area contributed by atoms with Gasteiger partial charge in [0.1, 0.15) is 5.69 Å². The number of carbonyl (C=O) groups excluding carboxylic acids is 1. The third-order valence-electron chi connectivity index (χ3n) is 3.75. The number of hydrogen-bond donors (Lipinski definition) is 1. The van der Waals surface area contributed by atoms with E-state index in [0.717, 1.165) is 37.6 Å². The Morgan fingerprint density at radius 3 is 2.70 bits per heavy atom. The molecule has 1 aliphatic heterocycles. The van der Waals surface area contributed by atoms with E-state index in [4.69, 9.17) is 16.3 Å². The molecule has 3 rings (SSSR count). The number of morpholine rings is 1. The van der Waals surface area contributed by atoms with Crippen molar-refractivity contribution in [2.45, 2.75) is 6.54 Å². The lowest BCUT2D eigenvalue weighted by Crippen LogP contribution is -2.36. The summed E-state index contributed by atoms with van der Waals surface area (Å²) >= 11 is 6.08. The van der Waals surface area contributed by atoms with Crippen LogP contribution in [0.2, 0.25) is 5.02 Å². The van der Waals surface area contributed by atoms with E-state index in [0.29, 0.717) is 17.3 Å². The van der Waals surface area contributed by atoms with Gasteiger partial charge in [-0.2, -0.15) is 0 Å². The van der Waals surface area contributed by atoms with Gasteiger partial charge in [0.05, 0.1) is 25.1 Å². The molecule has 2 aromatic rings. The Hall–Kier alpha value is -2.11. The Balaban J connectivity index is 1.60. The highest BCUT2D eigenvalue weighted by molar-refractivity contribution is 6.31. The molecule has 1 aliphatic rings. The normalized spacial score (nSPS) is 14.6. The van der Waals surface area contributed by atoms with Crippen LogP contribution in [0.5, 0.6) is 0 Å². The SMILES string of the molecule is O=C(NCc1ccccc1Cl)c1ccc(N2CCOCC2)cn1. The van der Waals surface area contributed by atoms with E-state index in [1.54, 1.807) is 18.3 Å². The number of nitrogens with zero attached hydrogens (tertiary/aromatic N) is 2. The third-order valence-corrected chi connectivity index (χ3v) is 4.12. The quantitative estimate of drug-likeness (QED) is 0.935. The highest BCUT2D eigenvalue weighted by atomic mass is 35.5. The van der Waals surface area contributed by atoms with Crippen LogP contribution in [-0.2, 0) is 11.3 Å². The predicted octanol–water partition coefficient (Wildman–Crippen LogP) is 2.50. The molecule has 23 heavy (non-hydrogen) atoms. The molecule has 0 spiro atoms. The first-order chi connectivity index (χ1) is 11.2. The van der Waals surface area contributed by atoms with Crippen LogP contribution >= 0.6 is 11.6 Å². The zero-order valence-corrected chi connectivity index (χ0v) is 13.4. The fourth-order valence-corrected chi connectivity index (χ4v) is 2.64. The molecule has 0 bridgehead atoms. The minimum Gasteiger partial charge on any atom is -0.378 e. The number of halogens is 1. The maximum Gasteiger partial charge on any atom is 0.270 e. The van der Waals surface area contributed by atoms with E-state index in [1.165, 1.54) is 0 Å². The maximum absolute atomic E-state index is 12.2. The molecule has 0 unspecified atom stereocenters. The monoisotopic (exact) mass is 331 g/mol. The fourth-order valence-electron chi connectivity index (χ4n) is 2.44. The molecule has 6 heteroatoms. The molecule has 120 valence electrons. The van der Waals surface area contributed by atoms with Gasteiger partial charge in [-0.1, -0.05) is 29.8 Å². The van der Waals surface area contributed by atoms with Crippen molar-refractivity contribution in [3.63, 3.8) is 0 Å². The Morgan fingerprint density at radius 2 is 2.00 bits per heavy atom. The van der Waals surface area contributed by atoms with Gasteiger partial charge in [0, 0.05) is 24.7 Å². The third kappa shape index (κ3) is 4.00. The van der Waals surface area contributed by atoms with Gasteiger partial charge in [0.25, 0.3) is 5.91 Å². The molecule has 1 saturated heterocycles. The molecule has 1 aromatic heterocycles. The molecule has 0 atom stereocenters. The molecular weight excluding hydrogens is 314 g/mol. The summed E-state index contributed by atoms with van der Waals surface area (Å²) in [6.07, 6.45) is 1.73. The van der Waals surface area contributed by atoms with Gasteiger partial charge in [-0.05, 0) is 23.8 Å². The average molecular weight is 332 g/mol. The first-order valence-electron chi connectivity index (χ1n) is 7.54. The number of anilines is 1. The van der Waals surface area contributed by atoms with E-state index in [9.17, 15) is 4.79 Å². The van der Waals surface area contributed by atoms with Crippen LogP contribution in [0.3, 0.4) is 0 Å². The van der Waals surface area contributed by atoms with Crippen LogP contribution in [0, 0.1) is 0 Å². The fraction of sp³-hybridized carbons (Fsp3) is 0.294.